The SMILES string of the molecule is Cc1ccccc1[C@H](CC(=O)O)NC(=O)c1cc(-c2ccccc2)n(Cc2ccc(F)cc2)n1. The highest BCUT2D eigenvalue weighted by atomic mass is 19.1. The maximum Gasteiger partial charge on any atom is 0.305 e. The van der Waals surface area contributed by atoms with Crippen molar-refractivity contribution < 1.29 is 19.1 Å². The summed E-state index contributed by atoms with van der Waals surface area (Å²) in [4.78, 5) is 24.7. The Morgan fingerprint density at radius 1 is 1.00 bits per heavy atom. The van der Waals surface area contributed by atoms with Gasteiger partial charge in [0, 0.05) is 0 Å². The molecule has 0 fully saturated rings. The normalized spacial score (nSPS) is 11.7. The van der Waals surface area contributed by atoms with Crippen LogP contribution in [0.25, 0.3) is 11.3 Å². The van der Waals surface area contributed by atoms with E-state index in [0.29, 0.717) is 6.54 Å². The number of carboxylic acids is 1. The summed E-state index contributed by atoms with van der Waals surface area (Å²) in [5.74, 6) is -1.81. The quantitative estimate of drug-likeness (QED) is 0.390. The molecule has 0 unspecified atom stereocenters. The summed E-state index contributed by atoms with van der Waals surface area (Å²) in [6, 6.07) is 24.0. The lowest BCUT2D eigenvalue weighted by molar-refractivity contribution is -0.137. The molecule has 3 aromatic carbocycles. The summed E-state index contributed by atoms with van der Waals surface area (Å²) in [6.07, 6.45) is -0.252. The van der Waals surface area contributed by atoms with Crippen LogP contribution in [-0.4, -0.2) is 26.8 Å². The molecule has 0 saturated heterocycles. The summed E-state index contributed by atoms with van der Waals surface area (Å²) in [7, 11) is 0. The standard InChI is InChI=1S/C27H24FN3O3/c1-18-7-5-6-10-22(18)23(16-26(32)33)29-27(34)24-15-25(20-8-3-2-4-9-20)31(30-24)17-19-11-13-21(28)14-12-19/h2-15,23H,16-17H2,1H3,(H,29,34)(H,32,33)/t23-/m0/s1. The van der Waals surface area contributed by atoms with Crippen LogP contribution >= 0.6 is 0 Å². The number of hydrogen-bond donors (Lipinski definition) is 2. The van der Waals surface area contributed by atoms with E-state index >= 15 is 0 Å². The van der Waals surface area contributed by atoms with Gasteiger partial charge in [-0.25, -0.2) is 4.39 Å². The minimum absolute atomic E-state index is 0.171. The van der Waals surface area contributed by atoms with Gasteiger partial charge in [0.15, 0.2) is 5.69 Å². The van der Waals surface area contributed by atoms with Gasteiger partial charge in [-0.05, 0) is 47.4 Å². The minimum Gasteiger partial charge on any atom is -0.481 e. The summed E-state index contributed by atoms with van der Waals surface area (Å²) in [6.45, 7) is 2.22. The van der Waals surface area contributed by atoms with E-state index in [1.807, 2.05) is 61.5 Å². The van der Waals surface area contributed by atoms with E-state index in [2.05, 4.69) is 10.4 Å². The van der Waals surface area contributed by atoms with Crippen molar-refractivity contribution in [2.45, 2.75) is 25.9 Å². The lowest BCUT2D eigenvalue weighted by Crippen LogP contribution is -2.31. The molecule has 4 aromatic rings. The van der Waals surface area contributed by atoms with Gasteiger partial charge in [0.25, 0.3) is 5.91 Å². The van der Waals surface area contributed by atoms with Crippen molar-refractivity contribution >= 4 is 11.9 Å². The predicted octanol–water partition coefficient (Wildman–Crippen LogP) is 4.99. The second-order valence-corrected chi connectivity index (χ2v) is 8.05. The molecule has 7 heteroatoms. The summed E-state index contributed by atoms with van der Waals surface area (Å²) >= 11 is 0. The van der Waals surface area contributed by atoms with Crippen LogP contribution in [0.5, 0.6) is 0 Å². The zero-order chi connectivity index (χ0) is 24.1. The van der Waals surface area contributed by atoms with E-state index in [1.165, 1.54) is 12.1 Å². The van der Waals surface area contributed by atoms with Crippen molar-refractivity contribution in [3.05, 3.63) is 113 Å². The number of rotatable bonds is 8. The molecular weight excluding hydrogens is 433 g/mol. The molecule has 1 heterocycles. The first-order chi connectivity index (χ1) is 16.4. The van der Waals surface area contributed by atoms with Crippen LogP contribution in [-0.2, 0) is 11.3 Å². The number of nitrogens with one attached hydrogen (secondary N) is 1. The number of carboxylic acid groups (broad SMARTS) is 1. The fourth-order valence-electron chi connectivity index (χ4n) is 3.88. The zero-order valence-corrected chi connectivity index (χ0v) is 18.6. The van der Waals surface area contributed by atoms with Gasteiger partial charge in [-0.15, -0.1) is 0 Å². The minimum atomic E-state index is -1.01. The van der Waals surface area contributed by atoms with Crippen molar-refractivity contribution in [3.63, 3.8) is 0 Å². The van der Waals surface area contributed by atoms with Gasteiger partial charge < -0.3 is 10.4 Å². The lowest BCUT2D eigenvalue weighted by atomic mass is 9.98. The van der Waals surface area contributed by atoms with Crippen LogP contribution in [0.3, 0.4) is 0 Å². The Kier molecular flexibility index (Phi) is 6.82. The molecule has 34 heavy (non-hydrogen) atoms. The van der Waals surface area contributed by atoms with Crippen molar-refractivity contribution in [3.8, 4) is 11.3 Å². The Labute approximate surface area is 196 Å². The van der Waals surface area contributed by atoms with Gasteiger partial charge in [-0.1, -0.05) is 66.7 Å². The molecular formula is C27H24FN3O3. The lowest BCUT2D eigenvalue weighted by Gasteiger charge is -2.18. The number of benzene rings is 3. The molecule has 6 nitrogen and oxygen atoms in total. The second kappa shape index (κ2) is 10.1. The molecule has 172 valence electrons. The largest absolute Gasteiger partial charge is 0.481 e. The number of halogens is 1. The van der Waals surface area contributed by atoms with Crippen LogP contribution in [0.15, 0.2) is 84.9 Å². The second-order valence-electron chi connectivity index (χ2n) is 8.05. The third kappa shape index (κ3) is 5.38. The molecule has 2 N–H and O–H groups in total. The molecule has 0 bridgehead atoms. The molecule has 0 aliphatic heterocycles. The van der Waals surface area contributed by atoms with Gasteiger partial charge in [-0.3, -0.25) is 14.3 Å². The third-order valence-corrected chi connectivity index (χ3v) is 5.58. The highest BCUT2D eigenvalue weighted by Gasteiger charge is 2.23. The van der Waals surface area contributed by atoms with E-state index in [-0.39, 0.29) is 17.9 Å². The monoisotopic (exact) mass is 457 g/mol. The van der Waals surface area contributed by atoms with E-state index < -0.39 is 17.9 Å². The van der Waals surface area contributed by atoms with Crippen molar-refractivity contribution in [2.75, 3.05) is 0 Å². The Bertz CT molecular complexity index is 1300. The Morgan fingerprint density at radius 3 is 2.35 bits per heavy atom. The van der Waals surface area contributed by atoms with Gasteiger partial charge >= 0.3 is 5.97 Å². The molecule has 0 aliphatic carbocycles. The summed E-state index contributed by atoms with van der Waals surface area (Å²) < 4.78 is 15.0. The number of carbonyl (C=O) groups excluding carboxylic acids is 1. The van der Waals surface area contributed by atoms with Crippen molar-refractivity contribution in [1.82, 2.24) is 15.1 Å². The Morgan fingerprint density at radius 2 is 1.68 bits per heavy atom. The van der Waals surface area contributed by atoms with Crippen LogP contribution in [0.2, 0.25) is 0 Å². The molecule has 0 aliphatic rings. The Hall–Kier alpha value is -4.26. The molecule has 1 atom stereocenters. The van der Waals surface area contributed by atoms with Crippen LogP contribution < -0.4 is 5.32 Å². The third-order valence-electron chi connectivity index (χ3n) is 5.58. The molecule has 0 spiro atoms. The maximum absolute atomic E-state index is 13.3. The van der Waals surface area contributed by atoms with Gasteiger partial charge in [-0.2, -0.15) is 5.10 Å². The van der Waals surface area contributed by atoms with Gasteiger partial charge in [0.2, 0.25) is 0 Å². The fraction of sp³-hybridized carbons (Fsp3) is 0.148. The topological polar surface area (TPSA) is 84.2 Å². The molecule has 1 amide bonds. The zero-order valence-electron chi connectivity index (χ0n) is 18.6. The van der Waals surface area contributed by atoms with Crippen LogP contribution in [0.4, 0.5) is 4.39 Å². The number of hydrogen-bond acceptors (Lipinski definition) is 3. The number of aryl methyl sites for hydroxylation is 1. The van der Waals surface area contributed by atoms with Crippen molar-refractivity contribution in [2.24, 2.45) is 0 Å². The van der Waals surface area contributed by atoms with E-state index in [9.17, 15) is 19.1 Å². The van der Waals surface area contributed by atoms with Gasteiger partial charge in [0.05, 0.1) is 24.7 Å². The molecule has 0 saturated carbocycles. The predicted molar refractivity (Wildman–Crippen MR) is 127 cm³/mol. The van der Waals surface area contributed by atoms with Crippen LogP contribution in [0.1, 0.15) is 39.6 Å². The molecule has 4 rings (SSSR count). The molecule has 0 radical (unpaired) electrons. The van der Waals surface area contributed by atoms with Gasteiger partial charge in [0.1, 0.15) is 5.82 Å². The first kappa shape index (κ1) is 22.9. The smallest absolute Gasteiger partial charge is 0.305 e. The highest BCUT2D eigenvalue weighted by Crippen LogP contribution is 2.24. The first-order valence-corrected chi connectivity index (χ1v) is 10.9. The first-order valence-electron chi connectivity index (χ1n) is 10.9. The fourth-order valence-corrected chi connectivity index (χ4v) is 3.88. The average Bonchev–Trinajstić information content (AvgIpc) is 3.25. The number of nitrogens with zero attached hydrogens (tertiary/aromatic N) is 2. The summed E-state index contributed by atoms with van der Waals surface area (Å²) in [5.41, 5.74) is 4.23. The number of aliphatic carboxylic acids is 1. The van der Waals surface area contributed by atoms with E-state index in [1.54, 1.807) is 22.9 Å². The number of amides is 1. The number of carbonyl (C=O) groups is 2. The van der Waals surface area contributed by atoms with E-state index in [4.69, 9.17) is 0 Å². The van der Waals surface area contributed by atoms with E-state index in [0.717, 1.165) is 27.9 Å². The Balaban J connectivity index is 1.66. The number of aromatic nitrogens is 2. The highest BCUT2D eigenvalue weighted by molar-refractivity contribution is 5.94. The maximum atomic E-state index is 13.3. The van der Waals surface area contributed by atoms with Crippen molar-refractivity contribution in [1.29, 1.82) is 0 Å². The summed E-state index contributed by atoms with van der Waals surface area (Å²) in [5, 5.41) is 16.8. The van der Waals surface area contributed by atoms with Crippen LogP contribution in [0, 0.1) is 12.7 Å². The molecule has 1 aromatic heterocycles. The average molecular weight is 458 g/mol.